The van der Waals surface area contributed by atoms with Crippen LogP contribution in [0.2, 0.25) is 0 Å². The van der Waals surface area contributed by atoms with E-state index in [9.17, 15) is 13.9 Å². The van der Waals surface area contributed by atoms with E-state index in [1.54, 1.807) is 13.0 Å². The summed E-state index contributed by atoms with van der Waals surface area (Å²) in [6.07, 6.45) is 1.79. The number of aliphatic hydroxyl groups excluding tert-OH is 1. The lowest BCUT2D eigenvalue weighted by molar-refractivity contribution is 0.198. The smallest absolute Gasteiger partial charge is 0.165 e. The Hall–Kier alpha value is -2.01. The molecule has 1 aromatic carbocycles. The number of pyridine rings is 1. The van der Waals surface area contributed by atoms with Crippen LogP contribution in [-0.2, 0) is 6.61 Å². The summed E-state index contributed by atoms with van der Waals surface area (Å²) in [6, 6.07) is 5.50. The van der Waals surface area contributed by atoms with E-state index in [0.717, 1.165) is 6.20 Å². The first-order chi connectivity index (χ1) is 9.06. The van der Waals surface area contributed by atoms with Crippen LogP contribution < -0.4 is 4.74 Å². The van der Waals surface area contributed by atoms with Crippen molar-refractivity contribution in [1.29, 1.82) is 0 Å². The fourth-order valence-electron chi connectivity index (χ4n) is 1.59. The van der Waals surface area contributed by atoms with Gasteiger partial charge in [0.05, 0.1) is 12.3 Å². The molecule has 1 N–H and O–H groups in total. The second-order valence-electron chi connectivity index (χ2n) is 4.17. The summed E-state index contributed by atoms with van der Waals surface area (Å²) in [5.41, 5.74) is 0.983. The highest BCUT2D eigenvalue weighted by Crippen LogP contribution is 2.22. The number of ether oxygens (including phenoxy) is 1. The van der Waals surface area contributed by atoms with Crippen molar-refractivity contribution >= 4 is 0 Å². The maximum Gasteiger partial charge on any atom is 0.165 e. The number of aliphatic hydroxyl groups is 1. The van der Waals surface area contributed by atoms with Gasteiger partial charge in [-0.1, -0.05) is 6.07 Å². The lowest BCUT2D eigenvalue weighted by atomic mass is 10.1. The molecule has 0 saturated heterocycles. The van der Waals surface area contributed by atoms with E-state index in [0.29, 0.717) is 11.1 Å². The Morgan fingerprint density at radius 2 is 2.05 bits per heavy atom. The molecule has 2 rings (SSSR count). The maximum atomic E-state index is 13.7. The van der Waals surface area contributed by atoms with Crippen LogP contribution in [0.25, 0.3) is 0 Å². The molecule has 0 amide bonds. The molecule has 0 fully saturated rings. The molecule has 5 heteroatoms. The second kappa shape index (κ2) is 5.75. The van der Waals surface area contributed by atoms with Gasteiger partial charge < -0.3 is 9.84 Å². The van der Waals surface area contributed by atoms with E-state index in [-0.39, 0.29) is 12.4 Å². The third kappa shape index (κ3) is 3.48. The van der Waals surface area contributed by atoms with Crippen molar-refractivity contribution < 1.29 is 18.6 Å². The average Bonchev–Trinajstić information content (AvgIpc) is 2.37. The Morgan fingerprint density at radius 1 is 1.26 bits per heavy atom. The van der Waals surface area contributed by atoms with Crippen molar-refractivity contribution in [2.45, 2.75) is 19.6 Å². The van der Waals surface area contributed by atoms with Crippen molar-refractivity contribution in [1.82, 2.24) is 4.98 Å². The van der Waals surface area contributed by atoms with E-state index in [1.807, 2.05) is 0 Å². The number of hydrogen-bond donors (Lipinski definition) is 1. The zero-order valence-corrected chi connectivity index (χ0v) is 10.3. The summed E-state index contributed by atoms with van der Waals surface area (Å²) in [4.78, 5) is 3.67. The second-order valence-corrected chi connectivity index (χ2v) is 4.17. The van der Waals surface area contributed by atoms with Gasteiger partial charge in [0.2, 0.25) is 0 Å². The highest BCUT2D eigenvalue weighted by molar-refractivity contribution is 5.30. The summed E-state index contributed by atoms with van der Waals surface area (Å²) in [5.74, 6) is -0.984. The van der Waals surface area contributed by atoms with Crippen molar-refractivity contribution in [2.75, 3.05) is 0 Å². The molecular formula is C14H13F2NO2. The SMILES string of the molecule is C[C@@H](O)c1ccc(OCc2cncc(F)c2)c(F)c1. The van der Waals surface area contributed by atoms with Crippen LogP contribution in [0, 0.1) is 11.6 Å². The fraction of sp³-hybridized carbons (Fsp3) is 0.214. The van der Waals surface area contributed by atoms with Crippen molar-refractivity contribution in [2.24, 2.45) is 0 Å². The molecule has 0 aliphatic heterocycles. The molecule has 0 aliphatic rings. The first-order valence-corrected chi connectivity index (χ1v) is 5.76. The molecule has 3 nitrogen and oxygen atoms in total. The quantitative estimate of drug-likeness (QED) is 0.924. The third-order valence-electron chi connectivity index (χ3n) is 2.59. The summed E-state index contributed by atoms with van der Waals surface area (Å²) in [6.45, 7) is 1.57. The number of nitrogens with zero attached hydrogens (tertiary/aromatic N) is 1. The van der Waals surface area contributed by atoms with Gasteiger partial charge in [0, 0.05) is 11.8 Å². The standard InChI is InChI=1S/C14H13F2NO2/c1-9(18)11-2-3-14(13(16)5-11)19-8-10-4-12(15)7-17-6-10/h2-7,9,18H,8H2,1H3/t9-/m1/s1. The molecule has 1 heterocycles. The summed E-state index contributed by atoms with van der Waals surface area (Å²) < 4.78 is 31.8. The molecule has 100 valence electrons. The number of hydrogen-bond acceptors (Lipinski definition) is 3. The monoisotopic (exact) mass is 265 g/mol. The van der Waals surface area contributed by atoms with Crippen molar-refractivity contribution in [3.63, 3.8) is 0 Å². The molecule has 2 aromatic rings. The van der Waals surface area contributed by atoms with Gasteiger partial charge in [-0.15, -0.1) is 0 Å². The van der Waals surface area contributed by atoms with Crippen LogP contribution in [0.1, 0.15) is 24.2 Å². The molecule has 1 atom stereocenters. The van der Waals surface area contributed by atoms with Crippen molar-refractivity contribution in [3.05, 3.63) is 59.4 Å². The van der Waals surface area contributed by atoms with E-state index >= 15 is 0 Å². The molecule has 0 unspecified atom stereocenters. The highest BCUT2D eigenvalue weighted by atomic mass is 19.1. The van der Waals surface area contributed by atoms with Crippen LogP contribution >= 0.6 is 0 Å². The summed E-state index contributed by atoms with van der Waals surface area (Å²) in [7, 11) is 0. The zero-order chi connectivity index (χ0) is 13.8. The normalized spacial score (nSPS) is 12.2. The van der Waals surface area contributed by atoms with Gasteiger partial charge in [0.1, 0.15) is 12.4 Å². The minimum absolute atomic E-state index is 0.0235. The van der Waals surface area contributed by atoms with Crippen LogP contribution in [0.3, 0.4) is 0 Å². The predicted octanol–water partition coefficient (Wildman–Crippen LogP) is 2.99. The van der Waals surface area contributed by atoms with Gasteiger partial charge in [0.15, 0.2) is 11.6 Å². The molecule has 0 radical (unpaired) electrons. The van der Waals surface area contributed by atoms with Crippen molar-refractivity contribution in [3.8, 4) is 5.75 Å². The summed E-state index contributed by atoms with van der Waals surface area (Å²) in [5, 5.41) is 9.32. The zero-order valence-electron chi connectivity index (χ0n) is 10.3. The molecule has 0 aliphatic carbocycles. The Balaban J connectivity index is 2.07. The highest BCUT2D eigenvalue weighted by Gasteiger charge is 2.08. The van der Waals surface area contributed by atoms with Crippen LogP contribution in [0.15, 0.2) is 36.7 Å². The minimum Gasteiger partial charge on any atom is -0.486 e. The Bertz CT molecular complexity index is 573. The molecule has 19 heavy (non-hydrogen) atoms. The number of halogens is 2. The number of rotatable bonds is 4. The number of benzene rings is 1. The molecule has 0 saturated carbocycles. The van der Waals surface area contributed by atoms with E-state index < -0.39 is 17.7 Å². The van der Waals surface area contributed by atoms with E-state index in [4.69, 9.17) is 4.74 Å². The van der Waals surface area contributed by atoms with E-state index in [1.165, 1.54) is 24.4 Å². The van der Waals surface area contributed by atoms with Gasteiger partial charge >= 0.3 is 0 Å². The lowest BCUT2D eigenvalue weighted by Crippen LogP contribution is -2.00. The molecule has 0 bridgehead atoms. The lowest BCUT2D eigenvalue weighted by Gasteiger charge is -2.10. The predicted molar refractivity (Wildman–Crippen MR) is 65.6 cm³/mol. The maximum absolute atomic E-state index is 13.7. The van der Waals surface area contributed by atoms with Gasteiger partial charge in [-0.05, 0) is 30.7 Å². The van der Waals surface area contributed by atoms with Gasteiger partial charge in [-0.25, -0.2) is 8.78 Å². The third-order valence-corrected chi connectivity index (χ3v) is 2.59. The Labute approximate surface area is 109 Å². The first kappa shape index (κ1) is 13.4. The Morgan fingerprint density at radius 3 is 2.68 bits per heavy atom. The van der Waals surface area contributed by atoms with Gasteiger partial charge in [-0.3, -0.25) is 4.98 Å². The minimum atomic E-state index is -0.740. The first-order valence-electron chi connectivity index (χ1n) is 5.76. The molecular weight excluding hydrogens is 252 g/mol. The van der Waals surface area contributed by atoms with Crippen LogP contribution in [0.5, 0.6) is 5.75 Å². The van der Waals surface area contributed by atoms with E-state index in [2.05, 4.69) is 4.98 Å². The fourth-order valence-corrected chi connectivity index (χ4v) is 1.59. The topological polar surface area (TPSA) is 42.4 Å². The number of aromatic nitrogens is 1. The Kier molecular flexibility index (Phi) is 4.06. The largest absolute Gasteiger partial charge is 0.486 e. The molecule has 1 aromatic heterocycles. The van der Waals surface area contributed by atoms with Crippen LogP contribution in [-0.4, -0.2) is 10.1 Å². The van der Waals surface area contributed by atoms with Crippen LogP contribution in [0.4, 0.5) is 8.78 Å². The molecule has 0 spiro atoms. The average molecular weight is 265 g/mol. The van der Waals surface area contributed by atoms with Gasteiger partial charge in [-0.2, -0.15) is 0 Å². The summed E-state index contributed by atoms with van der Waals surface area (Å²) >= 11 is 0. The van der Waals surface area contributed by atoms with Gasteiger partial charge in [0.25, 0.3) is 0 Å².